The molecule has 0 unspecified atom stereocenters. The maximum Gasteiger partial charge on any atom is 0.401 e. The van der Waals surface area contributed by atoms with Gasteiger partial charge in [-0.3, -0.25) is 9.89 Å². The molecule has 0 bridgehead atoms. The average molecular weight is 308 g/mol. The Hall–Kier alpha value is -1.02. The number of likely N-dealkylation sites (tertiary alicyclic amines) is 1. The van der Waals surface area contributed by atoms with Crippen molar-refractivity contribution in [1.82, 2.24) is 9.80 Å². The molecule has 21 heavy (non-hydrogen) atoms. The first-order chi connectivity index (χ1) is 9.94. The van der Waals surface area contributed by atoms with Gasteiger partial charge in [-0.2, -0.15) is 13.2 Å². The fourth-order valence-corrected chi connectivity index (χ4v) is 2.70. The van der Waals surface area contributed by atoms with Crippen LogP contribution in [0.4, 0.5) is 13.2 Å². The van der Waals surface area contributed by atoms with Crippen LogP contribution < -0.4 is 5.73 Å². The summed E-state index contributed by atoms with van der Waals surface area (Å²) < 4.78 is 42.2. The van der Waals surface area contributed by atoms with Gasteiger partial charge in [-0.15, -0.1) is 0 Å². The molecule has 2 saturated heterocycles. The number of morpholine rings is 1. The maximum atomic E-state index is 12.3. The minimum Gasteiger partial charge on any atom is -0.378 e. The van der Waals surface area contributed by atoms with Crippen molar-refractivity contribution in [3.63, 3.8) is 0 Å². The van der Waals surface area contributed by atoms with E-state index in [1.54, 1.807) is 0 Å². The van der Waals surface area contributed by atoms with E-state index in [9.17, 15) is 13.2 Å². The summed E-state index contributed by atoms with van der Waals surface area (Å²) in [5.41, 5.74) is 5.94. The van der Waals surface area contributed by atoms with Crippen LogP contribution in [0.3, 0.4) is 0 Å². The second-order valence-electron chi connectivity index (χ2n) is 5.63. The number of halogens is 3. The lowest BCUT2D eigenvalue weighted by Crippen LogP contribution is -2.45. The van der Waals surface area contributed by atoms with Crippen LogP contribution in [0.2, 0.25) is 0 Å². The molecule has 2 fully saturated rings. The second kappa shape index (κ2) is 7.31. The zero-order chi connectivity index (χ0) is 15.3. The molecule has 0 radical (unpaired) electrons. The Morgan fingerprint density at radius 1 is 1.14 bits per heavy atom. The van der Waals surface area contributed by atoms with Gasteiger partial charge in [0.2, 0.25) is 0 Å². The summed E-state index contributed by atoms with van der Waals surface area (Å²) >= 11 is 0. The van der Waals surface area contributed by atoms with Gasteiger partial charge in [0, 0.05) is 19.6 Å². The molecule has 0 amide bonds. The number of ether oxygens (including phenoxy) is 1. The monoisotopic (exact) mass is 308 g/mol. The van der Waals surface area contributed by atoms with Gasteiger partial charge in [-0.25, -0.2) is 0 Å². The number of alkyl halides is 3. The van der Waals surface area contributed by atoms with E-state index in [2.05, 4.69) is 4.99 Å². The van der Waals surface area contributed by atoms with Gasteiger partial charge in [-0.1, -0.05) is 0 Å². The Morgan fingerprint density at radius 2 is 1.76 bits per heavy atom. The highest BCUT2D eigenvalue weighted by atomic mass is 19.4. The number of hydrogen-bond donors (Lipinski definition) is 1. The first-order valence-corrected chi connectivity index (χ1v) is 7.36. The molecule has 2 rings (SSSR count). The lowest BCUT2D eigenvalue weighted by atomic mass is 9.97. The van der Waals surface area contributed by atoms with Gasteiger partial charge in [0.25, 0.3) is 0 Å². The second-order valence-corrected chi connectivity index (χ2v) is 5.63. The number of nitrogens with zero attached hydrogens (tertiary/aromatic N) is 3. The van der Waals surface area contributed by atoms with Crippen LogP contribution in [0.15, 0.2) is 4.99 Å². The van der Waals surface area contributed by atoms with E-state index in [1.807, 2.05) is 4.90 Å². The number of guanidine groups is 1. The first kappa shape index (κ1) is 16.4. The summed E-state index contributed by atoms with van der Waals surface area (Å²) in [6.45, 7) is 3.58. The zero-order valence-electron chi connectivity index (χ0n) is 12.1. The van der Waals surface area contributed by atoms with Crippen molar-refractivity contribution in [2.24, 2.45) is 16.6 Å². The quantitative estimate of drug-likeness (QED) is 0.622. The molecule has 8 heteroatoms. The summed E-state index contributed by atoms with van der Waals surface area (Å²) in [7, 11) is 0. The molecule has 0 spiro atoms. The van der Waals surface area contributed by atoms with E-state index < -0.39 is 12.7 Å². The summed E-state index contributed by atoms with van der Waals surface area (Å²) in [6.07, 6.45) is -2.61. The molecule has 0 aromatic heterocycles. The molecule has 5 nitrogen and oxygen atoms in total. The zero-order valence-corrected chi connectivity index (χ0v) is 12.1. The van der Waals surface area contributed by atoms with E-state index in [-0.39, 0.29) is 0 Å². The Balaban J connectivity index is 1.70. The SMILES string of the molecule is NC(=NCC1CCN(CC(F)(F)F)CC1)N1CCOCC1. The Labute approximate surface area is 122 Å². The smallest absolute Gasteiger partial charge is 0.378 e. The maximum absolute atomic E-state index is 12.3. The molecular formula is C13H23F3N4O. The Morgan fingerprint density at radius 3 is 2.33 bits per heavy atom. The van der Waals surface area contributed by atoms with Crippen LogP contribution in [0.25, 0.3) is 0 Å². The van der Waals surface area contributed by atoms with Crippen LogP contribution >= 0.6 is 0 Å². The fraction of sp³-hybridized carbons (Fsp3) is 0.923. The molecule has 0 saturated carbocycles. The van der Waals surface area contributed by atoms with Gasteiger partial charge in [0.05, 0.1) is 19.8 Å². The minimum atomic E-state index is -4.11. The number of nitrogens with two attached hydrogens (primary N) is 1. The van der Waals surface area contributed by atoms with E-state index in [0.29, 0.717) is 44.7 Å². The standard InChI is InChI=1S/C13H23F3N4O/c14-13(15,16)10-19-3-1-11(2-4-19)9-18-12(17)20-5-7-21-8-6-20/h11H,1-10H2,(H2,17,18). The van der Waals surface area contributed by atoms with Crippen molar-refractivity contribution in [1.29, 1.82) is 0 Å². The highest BCUT2D eigenvalue weighted by molar-refractivity contribution is 5.78. The van der Waals surface area contributed by atoms with Crippen LogP contribution in [0.1, 0.15) is 12.8 Å². The summed E-state index contributed by atoms with van der Waals surface area (Å²) in [5.74, 6) is 0.852. The average Bonchev–Trinajstić information content (AvgIpc) is 2.45. The molecule has 0 aromatic rings. The van der Waals surface area contributed by atoms with Gasteiger partial charge in [-0.05, 0) is 31.8 Å². The highest BCUT2D eigenvalue weighted by Crippen LogP contribution is 2.22. The van der Waals surface area contributed by atoms with E-state index in [0.717, 1.165) is 25.9 Å². The van der Waals surface area contributed by atoms with Gasteiger partial charge in [0.15, 0.2) is 5.96 Å². The molecule has 2 aliphatic rings. The van der Waals surface area contributed by atoms with Gasteiger partial charge >= 0.3 is 6.18 Å². The number of piperidine rings is 1. The minimum absolute atomic E-state index is 0.328. The van der Waals surface area contributed by atoms with Crippen LogP contribution in [-0.2, 0) is 4.74 Å². The molecule has 122 valence electrons. The molecule has 0 atom stereocenters. The molecule has 0 aromatic carbocycles. The Bertz CT molecular complexity index is 348. The van der Waals surface area contributed by atoms with Crippen LogP contribution in [0, 0.1) is 5.92 Å². The highest BCUT2D eigenvalue weighted by Gasteiger charge is 2.32. The number of hydrogen-bond acceptors (Lipinski definition) is 3. The predicted molar refractivity (Wildman–Crippen MR) is 74.1 cm³/mol. The predicted octanol–water partition coefficient (Wildman–Crippen LogP) is 0.908. The van der Waals surface area contributed by atoms with E-state index in [4.69, 9.17) is 10.5 Å². The van der Waals surface area contributed by atoms with Crippen molar-refractivity contribution < 1.29 is 17.9 Å². The topological polar surface area (TPSA) is 54.1 Å². The van der Waals surface area contributed by atoms with Crippen molar-refractivity contribution in [2.45, 2.75) is 19.0 Å². The summed E-state index contributed by atoms with van der Waals surface area (Å²) in [5, 5.41) is 0. The molecule has 2 N–H and O–H groups in total. The molecular weight excluding hydrogens is 285 g/mol. The lowest BCUT2D eigenvalue weighted by Gasteiger charge is -2.32. The Kier molecular flexibility index (Phi) is 5.69. The first-order valence-electron chi connectivity index (χ1n) is 7.36. The van der Waals surface area contributed by atoms with Crippen molar-refractivity contribution in [2.75, 3.05) is 52.5 Å². The van der Waals surface area contributed by atoms with Crippen molar-refractivity contribution in [3.05, 3.63) is 0 Å². The molecule has 2 heterocycles. The number of rotatable bonds is 3. The summed E-state index contributed by atoms with van der Waals surface area (Å²) in [4.78, 5) is 7.85. The lowest BCUT2D eigenvalue weighted by molar-refractivity contribution is -0.148. The van der Waals surface area contributed by atoms with E-state index in [1.165, 1.54) is 4.90 Å². The largest absolute Gasteiger partial charge is 0.401 e. The third kappa shape index (κ3) is 5.70. The van der Waals surface area contributed by atoms with Crippen LogP contribution in [-0.4, -0.2) is 74.4 Å². The van der Waals surface area contributed by atoms with Crippen LogP contribution in [0.5, 0.6) is 0 Å². The van der Waals surface area contributed by atoms with Crippen molar-refractivity contribution in [3.8, 4) is 0 Å². The third-order valence-electron chi connectivity index (χ3n) is 3.96. The van der Waals surface area contributed by atoms with E-state index >= 15 is 0 Å². The third-order valence-corrected chi connectivity index (χ3v) is 3.96. The molecule has 0 aliphatic carbocycles. The van der Waals surface area contributed by atoms with Gasteiger partial charge < -0.3 is 15.4 Å². The fourth-order valence-electron chi connectivity index (χ4n) is 2.70. The number of aliphatic imine (C=N–C) groups is 1. The summed E-state index contributed by atoms with van der Waals surface area (Å²) in [6, 6.07) is 0. The molecule has 2 aliphatic heterocycles. The van der Waals surface area contributed by atoms with Gasteiger partial charge in [0.1, 0.15) is 0 Å². The normalized spacial score (nSPS) is 23.6. The van der Waals surface area contributed by atoms with Crippen molar-refractivity contribution >= 4 is 5.96 Å².